The van der Waals surface area contributed by atoms with Gasteiger partial charge in [-0.15, -0.1) is 11.3 Å². The fourth-order valence-electron chi connectivity index (χ4n) is 3.11. The molecule has 0 aromatic carbocycles. The first kappa shape index (κ1) is 15.5. The normalized spacial score (nSPS) is 21.3. The molecule has 3 rings (SSSR count). The smallest absolute Gasteiger partial charge is 0.223 e. The van der Waals surface area contributed by atoms with Crippen LogP contribution in [0.4, 0.5) is 0 Å². The Balaban J connectivity index is 1.41. The van der Waals surface area contributed by atoms with Gasteiger partial charge in [0.2, 0.25) is 11.8 Å². The standard InChI is InChI=1S/C16H23N3O2S/c20-15(18-13-2-1-7-17-10-13)3-4-16(21)19-8-5-14-12(11-19)6-9-22-14/h6,9,13,17H,1-5,7-8,10-11H2,(H,18,20)/t13-/m0/s1. The Kier molecular flexibility index (Phi) is 5.10. The van der Waals surface area contributed by atoms with Crippen molar-refractivity contribution in [2.24, 2.45) is 0 Å². The number of fused-ring (bicyclic) bond motifs is 1. The van der Waals surface area contributed by atoms with Crippen molar-refractivity contribution in [1.29, 1.82) is 0 Å². The zero-order valence-electron chi connectivity index (χ0n) is 12.8. The van der Waals surface area contributed by atoms with Gasteiger partial charge in [-0.3, -0.25) is 9.59 Å². The lowest BCUT2D eigenvalue weighted by Gasteiger charge is -2.27. The molecule has 0 spiro atoms. The van der Waals surface area contributed by atoms with E-state index in [0.29, 0.717) is 19.4 Å². The molecule has 1 aromatic heterocycles. The summed E-state index contributed by atoms with van der Waals surface area (Å²) in [6.45, 7) is 3.35. The van der Waals surface area contributed by atoms with Crippen LogP contribution < -0.4 is 10.6 Å². The highest BCUT2D eigenvalue weighted by Crippen LogP contribution is 2.24. The molecular weight excluding hydrogens is 298 g/mol. The predicted molar refractivity (Wildman–Crippen MR) is 86.7 cm³/mol. The zero-order valence-corrected chi connectivity index (χ0v) is 13.6. The summed E-state index contributed by atoms with van der Waals surface area (Å²) in [6.07, 6.45) is 3.67. The van der Waals surface area contributed by atoms with Gasteiger partial charge in [-0.1, -0.05) is 0 Å². The van der Waals surface area contributed by atoms with Gasteiger partial charge in [0, 0.05) is 43.4 Å². The number of carbonyl (C=O) groups is 2. The molecule has 0 bridgehead atoms. The van der Waals surface area contributed by atoms with Crippen LogP contribution in [0.5, 0.6) is 0 Å². The van der Waals surface area contributed by atoms with Gasteiger partial charge in [-0.2, -0.15) is 0 Å². The number of nitrogens with one attached hydrogen (secondary N) is 2. The molecule has 2 amide bonds. The van der Waals surface area contributed by atoms with Crippen molar-refractivity contribution < 1.29 is 9.59 Å². The second-order valence-corrected chi connectivity index (χ2v) is 7.05. The summed E-state index contributed by atoms with van der Waals surface area (Å²) < 4.78 is 0. The molecule has 2 N–H and O–H groups in total. The highest BCUT2D eigenvalue weighted by molar-refractivity contribution is 7.10. The molecule has 1 aromatic rings. The SMILES string of the molecule is O=C(CCC(=O)N1CCc2sccc2C1)N[C@H]1CCCNC1. The van der Waals surface area contributed by atoms with Gasteiger partial charge < -0.3 is 15.5 Å². The predicted octanol–water partition coefficient (Wildman–Crippen LogP) is 1.28. The van der Waals surface area contributed by atoms with Crippen molar-refractivity contribution in [2.75, 3.05) is 19.6 Å². The highest BCUT2D eigenvalue weighted by Gasteiger charge is 2.22. The number of amides is 2. The van der Waals surface area contributed by atoms with Crippen LogP contribution in [0, 0.1) is 0 Å². The van der Waals surface area contributed by atoms with E-state index in [9.17, 15) is 9.59 Å². The molecule has 120 valence electrons. The van der Waals surface area contributed by atoms with E-state index >= 15 is 0 Å². The van der Waals surface area contributed by atoms with Crippen LogP contribution in [-0.4, -0.2) is 42.4 Å². The highest BCUT2D eigenvalue weighted by atomic mass is 32.1. The summed E-state index contributed by atoms with van der Waals surface area (Å²) in [6, 6.07) is 2.32. The van der Waals surface area contributed by atoms with Gasteiger partial charge in [0.05, 0.1) is 0 Å². The zero-order chi connectivity index (χ0) is 15.4. The second-order valence-electron chi connectivity index (χ2n) is 6.05. The van der Waals surface area contributed by atoms with Crippen molar-refractivity contribution in [2.45, 2.75) is 44.7 Å². The molecule has 0 radical (unpaired) electrons. The largest absolute Gasteiger partial charge is 0.352 e. The number of rotatable bonds is 4. The average molecular weight is 321 g/mol. The fraction of sp³-hybridized carbons (Fsp3) is 0.625. The van der Waals surface area contributed by atoms with Gasteiger partial charge in [-0.25, -0.2) is 0 Å². The molecule has 6 heteroatoms. The molecule has 2 aliphatic rings. The summed E-state index contributed by atoms with van der Waals surface area (Å²) in [5.74, 6) is 0.0871. The van der Waals surface area contributed by atoms with Gasteiger partial charge in [-0.05, 0) is 42.8 Å². The summed E-state index contributed by atoms with van der Waals surface area (Å²) >= 11 is 1.77. The van der Waals surface area contributed by atoms with E-state index in [1.807, 2.05) is 4.90 Å². The lowest BCUT2D eigenvalue weighted by molar-refractivity contribution is -0.134. The van der Waals surface area contributed by atoms with Gasteiger partial charge >= 0.3 is 0 Å². The number of hydrogen-bond donors (Lipinski definition) is 2. The maximum Gasteiger partial charge on any atom is 0.223 e. The Morgan fingerprint density at radius 3 is 3.14 bits per heavy atom. The summed E-state index contributed by atoms with van der Waals surface area (Å²) in [7, 11) is 0. The van der Waals surface area contributed by atoms with E-state index in [0.717, 1.165) is 38.9 Å². The van der Waals surface area contributed by atoms with Gasteiger partial charge in [0.1, 0.15) is 0 Å². The molecule has 1 saturated heterocycles. The third kappa shape index (κ3) is 3.87. The first-order valence-corrected chi connectivity index (χ1v) is 8.93. The molecular formula is C16H23N3O2S. The molecule has 0 unspecified atom stereocenters. The van der Waals surface area contributed by atoms with Crippen LogP contribution in [-0.2, 0) is 22.6 Å². The van der Waals surface area contributed by atoms with Gasteiger partial charge in [0.25, 0.3) is 0 Å². The lowest BCUT2D eigenvalue weighted by atomic mass is 10.1. The monoisotopic (exact) mass is 321 g/mol. The maximum absolute atomic E-state index is 12.3. The van der Waals surface area contributed by atoms with Crippen LogP contribution in [0.1, 0.15) is 36.1 Å². The van der Waals surface area contributed by atoms with Crippen molar-refractivity contribution in [3.63, 3.8) is 0 Å². The Hall–Kier alpha value is -1.40. The summed E-state index contributed by atoms with van der Waals surface area (Å²) in [4.78, 5) is 27.5. The Morgan fingerprint density at radius 1 is 1.41 bits per heavy atom. The van der Waals surface area contributed by atoms with E-state index < -0.39 is 0 Å². The lowest BCUT2D eigenvalue weighted by Crippen LogP contribution is -2.45. The number of carbonyl (C=O) groups excluding carboxylic acids is 2. The number of piperidine rings is 1. The third-order valence-electron chi connectivity index (χ3n) is 4.39. The summed E-state index contributed by atoms with van der Waals surface area (Å²) in [5, 5.41) is 8.38. The third-order valence-corrected chi connectivity index (χ3v) is 5.41. The van der Waals surface area contributed by atoms with Crippen molar-refractivity contribution in [1.82, 2.24) is 15.5 Å². The molecule has 1 fully saturated rings. The average Bonchev–Trinajstić information content (AvgIpc) is 3.01. The van der Waals surface area contributed by atoms with E-state index in [4.69, 9.17) is 0 Å². The minimum Gasteiger partial charge on any atom is -0.352 e. The number of hydrogen-bond acceptors (Lipinski definition) is 4. The first-order valence-electron chi connectivity index (χ1n) is 8.05. The van der Waals surface area contributed by atoms with E-state index in [1.54, 1.807) is 11.3 Å². The second kappa shape index (κ2) is 7.24. The first-order chi connectivity index (χ1) is 10.7. The van der Waals surface area contributed by atoms with Crippen molar-refractivity contribution >= 4 is 23.2 Å². The van der Waals surface area contributed by atoms with E-state index in [2.05, 4.69) is 22.1 Å². The van der Waals surface area contributed by atoms with Crippen molar-refractivity contribution in [3.05, 3.63) is 21.9 Å². The number of thiophene rings is 1. The topological polar surface area (TPSA) is 61.4 Å². The van der Waals surface area contributed by atoms with Crippen LogP contribution in [0.15, 0.2) is 11.4 Å². The Bertz CT molecular complexity index is 537. The molecule has 5 nitrogen and oxygen atoms in total. The molecule has 3 heterocycles. The molecule has 2 aliphatic heterocycles. The quantitative estimate of drug-likeness (QED) is 0.878. The van der Waals surface area contributed by atoms with Crippen LogP contribution in [0.2, 0.25) is 0 Å². The Morgan fingerprint density at radius 2 is 2.32 bits per heavy atom. The van der Waals surface area contributed by atoms with E-state index in [1.165, 1.54) is 10.4 Å². The number of nitrogens with zero attached hydrogens (tertiary/aromatic N) is 1. The molecule has 1 atom stereocenters. The van der Waals surface area contributed by atoms with Crippen LogP contribution in [0.25, 0.3) is 0 Å². The summed E-state index contributed by atoms with van der Waals surface area (Å²) in [5.41, 5.74) is 1.27. The van der Waals surface area contributed by atoms with E-state index in [-0.39, 0.29) is 17.9 Å². The van der Waals surface area contributed by atoms with Crippen molar-refractivity contribution in [3.8, 4) is 0 Å². The molecule has 0 aliphatic carbocycles. The molecule has 0 saturated carbocycles. The molecule has 22 heavy (non-hydrogen) atoms. The minimum absolute atomic E-state index is 0.00437. The van der Waals surface area contributed by atoms with Crippen LogP contribution in [0.3, 0.4) is 0 Å². The Labute approximate surface area is 135 Å². The maximum atomic E-state index is 12.3. The van der Waals surface area contributed by atoms with Crippen LogP contribution >= 0.6 is 11.3 Å². The fourth-order valence-corrected chi connectivity index (χ4v) is 4.00. The minimum atomic E-state index is -0.00437. The van der Waals surface area contributed by atoms with Gasteiger partial charge in [0.15, 0.2) is 0 Å².